The molecule has 0 saturated heterocycles. The lowest BCUT2D eigenvalue weighted by Gasteiger charge is -2.25. The Balaban J connectivity index is 3.07. The lowest BCUT2D eigenvalue weighted by molar-refractivity contribution is 0.521. The van der Waals surface area contributed by atoms with Crippen molar-refractivity contribution in [3.63, 3.8) is 0 Å². The van der Waals surface area contributed by atoms with Crippen molar-refractivity contribution in [3.8, 4) is 0 Å². The Morgan fingerprint density at radius 1 is 1.31 bits per heavy atom. The first-order valence-corrected chi connectivity index (χ1v) is 6.82. The average Bonchev–Trinajstić information content (AvgIpc) is 2.33. The standard InChI is InChI=1S/C9H14F2SSi/c1-7-5-8(12-6-7)13(10,11)9(2,3)4/h5-6H,1-4H3. The van der Waals surface area contributed by atoms with Gasteiger partial charge in [-0.1, -0.05) is 20.8 Å². The van der Waals surface area contributed by atoms with Crippen molar-refractivity contribution >= 4 is 24.6 Å². The SMILES string of the molecule is Cc1csc([Si](F)(F)C(C)(C)C)c1. The summed E-state index contributed by atoms with van der Waals surface area (Å²) < 4.78 is 28.0. The van der Waals surface area contributed by atoms with E-state index in [0.29, 0.717) is 4.50 Å². The Morgan fingerprint density at radius 2 is 1.85 bits per heavy atom. The van der Waals surface area contributed by atoms with E-state index < -0.39 is 13.8 Å². The van der Waals surface area contributed by atoms with Crippen LogP contribution in [-0.4, -0.2) is 8.74 Å². The van der Waals surface area contributed by atoms with Crippen LogP contribution in [0.3, 0.4) is 0 Å². The van der Waals surface area contributed by atoms with Crippen molar-refractivity contribution in [1.29, 1.82) is 0 Å². The van der Waals surface area contributed by atoms with Gasteiger partial charge in [0.25, 0.3) is 0 Å². The van der Waals surface area contributed by atoms with Gasteiger partial charge in [0, 0.05) is 5.04 Å². The molecule has 0 aliphatic heterocycles. The van der Waals surface area contributed by atoms with Crippen LogP contribution < -0.4 is 4.50 Å². The van der Waals surface area contributed by atoms with Crippen molar-refractivity contribution in [2.24, 2.45) is 0 Å². The number of thiophene rings is 1. The third-order valence-electron chi connectivity index (χ3n) is 1.98. The Hall–Kier alpha value is -0.223. The molecule has 0 spiro atoms. The molecule has 0 radical (unpaired) electrons. The molecule has 0 nitrogen and oxygen atoms in total. The van der Waals surface area contributed by atoms with Gasteiger partial charge in [0.1, 0.15) is 0 Å². The summed E-state index contributed by atoms with van der Waals surface area (Å²) in [7, 11) is -4.24. The quantitative estimate of drug-likeness (QED) is 0.502. The van der Waals surface area contributed by atoms with Crippen molar-refractivity contribution in [3.05, 3.63) is 17.0 Å². The minimum absolute atomic E-state index is 0.303. The molecule has 0 N–H and O–H groups in total. The first-order valence-electron chi connectivity index (χ1n) is 4.18. The van der Waals surface area contributed by atoms with Crippen LogP contribution in [0.5, 0.6) is 0 Å². The number of rotatable bonds is 1. The average molecular weight is 220 g/mol. The maximum absolute atomic E-state index is 13.8. The zero-order valence-corrected chi connectivity index (χ0v) is 10.1. The molecule has 0 atom stereocenters. The molecule has 0 unspecified atom stereocenters. The van der Waals surface area contributed by atoms with Crippen LogP contribution in [0.2, 0.25) is 5.04 Å². The molecular weight excluding hydrogens is 206 g/mol. The fourth-order valence-corrected chi connectivity index (χ4v) is 4.44. The summed E-state index contributed by atoms with van der Waals surface area (Å²) in [6, 6.07) is 1.63. The second kappa shape index (κ2) is 3.17. The van der Waals surface area contributed by atoms with Gasteiger partial charge in [-0.15, -0.1) is 11.3 Å². The number of halogens is 2. The molecular formula is C9H14F2SSi. The molecule has 74 valence electrons. The van der Waals surface area contributed by atoms with Crippen LogP contribution >= 0.6 is 11.3 Å². The summed E-state index contributed by atoms with van der Waals surface area (Å²) >= 11 is 1.20. The summed E-state index contributed by atoms with van der Waals surface area (Å²) in [5.74, 6) is 0. The van der Waals surface area contributed by atoms with Gasteiger partial charge in [-0.05, 0) is 23.9 Å². The van der Waals surface area contributed by atoms with Crippen LogP contribution in [0.1, 0.15) is 26.3 Å². The van der Waals surface area contributed by atoms with E-state index in [1.807, 2.05) is 6.92 Å². The van der Waals surface area contributed by atoms with E-state index in [1.54, 1.807) is 32.2 Å². The first-order chi connectivity index (χ1) is 5.75. The zero-order chi connectivity index (χ0) is 10.3. The van der Waals surface area contributed by atoms with Crippen molar-refractivity contribution in [2.45, 2.75) is 32.7 Å². The molecule has 0 fully saturated rings. The van der Waals surface area contributed by atoms with E-state index in [1.165, 1.54) is 11.3 Å². The predicted octanol–water partition coefficient (Wildman–Crippen LogP) is 3.44. The van der Waals surface area contributed by atoms with Crippen molar-refractivity contribution in [2.75, 3.05) is 0 Å². The fourth-order valence-electron chi connectivity index (χ4n) is 0.965. The topological polar surface area (TPSA) is 0 Å². The van der Waals surface area contributed by atoms with E-state index in [-0.39, 0.29) is 0 Å². The van der Waals surface area contributed by atoms with Crippen molar-refractivity contribution in [1.82, 2.24) is 0 Å². The predicted molar refractivity (Wildman–Crippen MR) is 56.4 cm³/mol. The third kappa shape index (κ3) is 1.99. The lowest BCUT2D eigenvalue weighted by atomic mass is 10.2. The summed E-state index contributed by atoms with van der Waals surface area (Å²) in [6.07, 6.45) is 0. The maximum atomic E-state index is 13.8. The smallest absolute Gasteiger partial charge is 0.263 e. The Labute approximate surface area is 83.0 Å². The van der Waals surface area contributed by atoms with Gasteiger partial charge in [0.15, 0.2) is 0 Å². The van der Waals surface area contributed by atoms with E-state index in [2.05, 4.69) is 0 Å². The molecule has 0 bridgehead atoms. The van der Waals surface area contributed by atoms with Gasteiger partial charge in [0.2, 0.25) is 0 Å². The van der Waals surface area contributed by atoms with Gasteiger partial charge >= 0.3 is 8.74 Å². The normalized spacial score (nSPS) is 13.4. The van der Waals surface area contributed by atoms with E-state index in [9.17, 15) is 8.22 Å². The number of hydrogen-bond donors (Lipinski definition) is 0. The number of hydrogen-bond acceptors (Lipinski definition) is 1. The van der Waals surface area contributed by atoms with Gasteiger partial charge < -0.3 is 0 Å². The van der Waals surface area contributed by atoms with Crippen LogP contribution in [0.25, 0.3) is 0 Å². The van der Waals surface area contributed by atoms with Gasteiger partial charge in [-0.25, -0.2) is 0 Å². The fraction of sp³-hybridized carbons (Fsp3) is 0.556. The van der Waals surface area contributed by atoms with Crippen LogP contribution in [0.15, 0.2) is 11.4 Å². The summed E-state index contributed by atoms with van der Waals surface area (Å²) in [5, 5.41) is 0.923. The minimum atomic E-state index is -4.24. The first kappa shape index (κ1) is 10.9. The van der Waals surface area contributed by atoms with E-state index in [4.69, 9.17) is 0 Å². The second-order valence-corrected chi connectivity index (χ2v) is 8.77. The Morgan fingerprint density at radius 3 is 2.15 bits per heavy atom. The molecule has 0 aromatic carbocycles. The highest BCUT2D eigenvalue weighted by atomic mass is 32.1. The Kier molecular flexibility index (Phi) is 2.65. The molecule has 1 aromatic rings. The van der Waals surface area contributed by atoms with Crippen LogP contribution in [-0.2, 0) is 0 Å². The lowest BCUT2D eigenvalue weighted by Crippen LogP contribution is -2.45. The van der Waals surface area contributed by atoms with Gasteiger partial charge in [-0.3, -0.25) is 8.22 Å². The summed E-state index contributed by atoms with van der Waals surface area (Å²) in [5.41, 5.74) is 0.941. The molecule has 1 heterocycles. The molecule has 0 amide bonds. The number of aryl methyl sites for hydroxylation is 1. The van der Waals surface area contributed by atoms with E-state index in [0.717, 1.165) is 5.56 Å². The zero-order valence-electron chi connectivity index (χ0n) is 8.32. The monoisotopic (exact) mass is 220 g/mol. The van der Waals surface area contributed by atoms with Crippen LogP contribution in [0, 0.1) is 6.92 Å². The highest BCUT2D eigenvalue weighted by molar-refractivity contribution is 7.23. The molecule has 13 heavy (non-hydrogen) atoms. The third-order valence-corrected chi connectivity index (χ3v) is 6.61. The molecule has 0 aliphatic rings. The highest BCUT2D eigenvalue weighted by Crippen LogP contribution is 2.38. The molecule has 1 rings (SSSR count). The summed E-state index contributed by atoms with van der Waals surface area (Å²) in [6.45, 7) is 6.71. The summed E-state index contributed by atoms with van der Waals surface area (Å²) in [4.78, 5) is 0. The van der Waals surface area contributed by atoms with Crippen LogP contribution in [0.4, 0.5) is 8.22 Å². The molecule has 4 heteroatoms. The van der Waals surface area contributed by atoms with Crippen molar-refractivity contribution < 1.29 is 8.22 Å². The maximum Gasteiger partial charge on any atom is 0.470 e. The highest BCUT2D eigenvalue weighted by Gasteiger charge is 2.51. The van der Waals surface area contributed by atoms with Gasteiger partial charge in [-0.2, -0.15) is 0 Å². The molecule has 0 aliphatic carbocycles. The van der Waals surface area contributed by atoms with E-state index >= 15 is 0 Å². The Bertz CT molecular complexity index is 299. The van der Waals surface area contributed by atoms with Gasteiger partial charge in [0.05, 0.1) is 4.50 Å². The minimum Gasteiger partial charge on any atom is -0.263 e. The second-order valence-electron chi connectivity index (χ2n) is 4.31. The molecule has 0 saturated carbocycles. The largest absolute Gasteiger partial charge is 0.470 e. The molecule has 1 aromatic heterocycles.